The summed E-state index contributed by atoms with van der Waals surface area (Å²) in [5, 5.41) is 6.81. The lowest BCUT2D eigenvalue weighted by Crippen LogP contribution is -2.36. The summed E-state index contributed by atoms with van der Waals surface area (Å²) in [7, 11) is -3.41. The maximum absolute atomic E-state index is 13.4. The molecule has 0 bridgehead atoms. The quantitative estimate of drug-likeness (QED) is 0.289. The molecule has 0 spiro atoms. The van der Waals surface area contributed by atoms with Crippen LogP contribution in [0.1, 0.15) is 62.2 Å². The van der Waals surface area contributed by atoms with Crippen molar-refractivity contribution in [3.8, 4) is 0 Å². The van der Waals surface area contributed by atoms with Crippen molar-refractivity contribution in [2.24, 2.45) is 17.8 Å². The summed E-state index contributed by atoms with van der Waals surface area (Å²) in [5.74, 6) is 2.27. The lowest BCUT2D eigenvalue weighted by Gasteiger charge is -2.33. The fourth-order valence-electron chi connectivity index (χ4n) is 5.72. The first-order valence-corrected chi connectivity index (χ1v) is 16.3. The van der Waals surface area contributed by atoms with Crippen LogP contribution < -0.4 is 15.5 Å². The molecular formula is C30H42N4O6S. The van der Waals surface area contributed by atoms with Gasteiger partial charge in [-0.2, -0.15) is 8.42 Å². The predicted octanol–water partition coefficient (Wildman–Crippen LogP) is 4.61. The summed E-state index contributed by atoms with van der Waals surface area (Å²) in [6, 6.07) is 9.63. The van der Waals surface area contributed by atoms with E-state index in [1.54, 1.807) is 6.92 Å². The molecule has 2 fully saturated rings. The lowest BCUT2D eigenvalue weighted by atomic mass is 9.82. The van der Waals surface area contributed by atoms with E-state index in [0.29, 0.717) is 48.6 Å². The van der Waals surface area contributed by atoms with Crippen molar-refractivity contribution in [2.45, 2.75) is 51.9 Å². The number of ether oxygens (including phenoxy) is 1. The number of hydrogen-bond donors (Lipinski definition) is 2. The SMILES string of the molecule is C=C(C)OC(=O)NC[C@H]1CC[C@H](CNC(=O)c2cc(N3CCC(CCOS(C)(=O)=O)CC3)nc3ccccc23)CC1. The van der Waals surface area contributed by atoms with Gasteiger partial charge in [0.2, 0.25) is 0 Å². The van der Waals surface area contributed by atoms with Crippen molar-refractivity contribution in [2.75, 3.05) is 43.9 Å². The molecule has 1 aliphatic heterocycles. The number of carbonyl (C=O) groups is 2. The number of benzene rings is 1. The average molecular weight is 587 g/mol. The van der Waals surface area contributed by atoms with E-state index in [0.717, 1.165) is 74.6 Å². The minimum Gasteiger partial charge on any atom is -0.416 e. The number of allylic oxidation sites excluding steroid dienone is 1. The van der Waals surface area contributed by atoms with E-state index in [-0.39, 0.29) is 12.5 Å². The van der Waals surface area contributed by atoms with Crippen molar-refractivity contribution in [1.82, 2.24) is 15.6 Å². The number of rotatable bonds is 11. The highest BCUT2D eigenvalue weighted by Crippen LogP contribution is 2.30. The molecule has 0 unspecified atom stereocenters. The Morgan fingerprint density at radius 2 is 1.63 bits per heavy atom. The zero-order valence-electron chi connectivity index (χ0n) is 24.1. The highest BCUT2D eigenvalue weighted by atomic mass is 32.2. The number of nitrogens with zero attached hydrogens (tertiary/aromatic N) is 2. The zero-order valence-corrected chi connectivity index (χ0v) is 24.9. The topological polar surface area (TPSA) is 127 Å². The molecule has 41 heavy (non-hydrogen) atoms. The molecule has 1 aromatic heterocycles. The molecule has 0 atom stereocenters. The van der Waals surface area contributed by atoms with E-state index in [2.05, 4.69) is 22.1 Å². The van der Waals surface area contributed by atoms with Crippen LogP contribution in [-0.2, 0) is 19.0 Å². The number of nitrogens with one attached hydrogen (secondary N) is 2. The lowest BCUT2D eigenvalue weighted by molar-refractivity contribution is 0.0942. The van der Waals surface area contributed by atoms with Crippen LogP contribution in [0.4, 0.5) is 10.6 Å². The number of piperidine rings is 1. The van der Waals surface area contributed by atoms with Gasteiger partial charge in [0.15, 0.2) is 0 Å². The number of fused-ring (bicyclic) bond motifs is 1. The van der Waals surface area contributed by atoms with Crippen LogP contribution >= 0.6 is 0 Å². The molecule has 2 heterocycles. The van der Waals surface area contributed by atoms with Gasteiger partial charge >= 0.3 is 6.09 Å². The second-order valence-electron chi connectivity index (χ2n) is 11.4. The number of anilines is 1. The maximum Gasteiger partial charge on any atom is 0.412 e. The minimum absolute atomic E-state index is 0.0935. The summed E-state index contributed by atoms with van der Waals surface area (Å²) in [6.07, 6.45) is 7.13. The van der Waals surface area contributed by atoms with E-state index in [1.165, 1.54) is 0 Å². The molecule has 4 rings (SSSR count). The van der Waals surface area contributed by atoms with Gasteiger partial charge in [0.1, 0.15) is 5.82 Å². The maximum atomic E-state index is 13.4. The van der Waals surface area contributed by atoms with Crippen molar-refractivity contribution in [1.29, 1.82) is 0 Å². The van der Waals surface area contributed by atoms with Gasteiger partial charge in [-0.05, 0) is 81.8 Å². The molecule has 2 aromatic rings. The third-order valence-corrected chi connectivity index (χ3v) is 8.62. The number of pyridine rings is 1. The number of para-hydroxylation sites is 1. The van der Waals surface area contributed by atoms with Crippen LogP contribution in [0.2, 0.25) is 0 Å². The van der Waals surface area contributed by atoms with Crippen LogP contribution in [0.5, 0.6) is 0 Å². The van der Waals surface area contributed by atoms with E-state index in [4.69, 9.17) is 13.9 Å². The molecule has 1 saturated carbocycles. The fourth-order valence-corrected chi connectivity index (χ4v) is 6.12. The Labute approximate surface area is 243 Å². The Morgan fingerprint density at radius 3 is 2.27 bits per heavy atom. The standard InChI is InChI=1S/C30H42N4O6S/c1-21(2)40-30(36)32-20-24-10-8-23(9-11-24)19-31-29(35)26-18-28(33-27-7-5-4-6-25(26)27)34-15-12-22(13-16-34)14-17-39-41(3,37)38/h4-7,18,22-24H,1,8-17,19-20H2,2-3H3,(H,31,35)(H,32,36)/t23-,24-. The monoisotopic (exact) mass is 586 g/mol. The van der Waals surface area contributed by atoms with Gasteiger partial charge in [0.25, 0.3) is 16.0 Å². The van der Waals surface area contributed by atoms with E-state index >= 15 is 0 Å². The Morgan fingerprint density at radius 1 is 1.00 bits per heavy atom. The van der Waals surface area contributed by atoms with Gasteiger partial charge in [-0.15, -0.1) is 0 Å². The van der Waals surface area contributed by atoms with E-state index in [9.17, 15) is 18.0 Å². The third kappa shape index (κ3) is 9.43. The molecule has 11 heteroatoms. The number of amides is 2. The van der Waals surface area contributed by atoms with Crippen LogP contribution in [-0.4, -0.2) is 64.4 Å². The van der Waals surface area contributed by atoms with Gasteiger partial charge in [0, 0.05) is 31.6 Å². The van der Waals surface area contributed by atoms with Crippen molar-refractivity contribution < 1.29 is 26.9 Å². The molecule has 2 amide bonds. The van der Waals surface area contributed by atoms with E-state index < -0.39 is 16.2 Å². The summed E-state index contributed by atoms with van der Waals surface area (Å²) in [6.45, 7) is 8.21. The first-order chi connectivity index (χ1) is 19.6. The van der Waals surface area contributed by atoms with Crippen LogP contribution in [0.3, 0.4) is 0 Å². The van der Waals surface area contributed by atoms with Crippen molar-refractivity contribution in [3.05, 3.63) is 48.2 Å². The number of aromatic nitrogens is 1. The second kappa shape index (κ2) is 14.1. The second-order valence-corrected chi connectivity index (χ2v) is 13.0. The average Bonchev–Trinajstić information content (AvgIpc) is 2.94. The highest BCUT2D eigenvalue weighted by Gasteiger charge is 2.25. The molecule has 1 saturated heterocycles. The number of carbonyl (C=O) groups excluding carboxylic acids is 2. The van der Waals surface area contributed by atoms with Gasteiger partial charge in [-0.25, -0.2) is 9.78 Å². The van der Waals surface area contributed by atoms with Crippen LogP contribution in [0.15, 0.2) is 42.7 Å². The summed E-state index contributed by atoms with van der Waals surface area (Å²) >= 11 is 0. The highest BCUT2D eigenvalue weighted by molar-refractivity contribution is 7.85. The van der Waals surface area contributed by atoms with Gasteiger partial charge < -0.3 is 20.3 Å². The Bertz CT molecular complexity index is 1330. The predicted molar refractivity (Wildman–Crippen MR) is 159 cm³/mol. The van der Waals surface area contributed by atoms with Crippen molar-refractivity contribution in [3.63, 3.8) is 0 Å². The molecular weight excluding hydrogens is 544 g/mol. The molecule has 2 N–H and O–H groups in total. The zero-order chi connectivity index (χ0) is 29.4. The first kappa shape index (κ1) is 30.8. The van der Waals surface area contributed by atoms with E-state index in [1.807, 2.05) is 30.3 Å². The number of hydrogen-bond acceptors (Lipinski definition) is 8. The molecule has 1 aromatic carbocycles. The normalized spacial score (nSPS) is 20.0. The van der Waals surface area contributed by atoms with Crippen molar-refractivity contribution >= 4 is 38.8 Å². The first-order valence-electron chi connectivity index (χ1n) is 14.5. The van der Waals surface area contributed by atoms with Crippen LogP contribution in [0.25, 0.3) is 10.9 Å². The van der Waals surface area contributed by atoms with Crippen LogP contribution in [0, 0.1) is 17.8 Å². The van der Waals surface area contributed by atoms with Gasteiger partial charge in [-0.3, -0.25) is 8.98 Å². The molecule has 224 valence electrons. The Kier molecular flexibility index (Phi) is 10.6. The number of alkyl carbamates (subject to hydrolysis) is 1. The third-order valence-electron chi connectivity index (χ3n) is 8.03. The summed E-state index contributed by atoms with van der Waals surface area (Å²) < 4.78 is 32.3. The fraction of sp³-hybridized carbons (Fsp3) is 0.567. The molecule has 0 radical (unpaired) electrons. The summed E-state index contributed by atoms with van der Waals surface area (Å²) in [4.78, 5) is 32.2. The molecule has 1 aliphatic carbocycles. The molecule has 10 nitrogen and oxygen atoms in total. The molecule has 2 aliphatic rings. The summed E-state index contributed by atoms with van der Waals surface area (Å²) in [5.41, 5.74) is 1.42. The largest absolute Gasteiger partial charge is 0.416 e. The van der Waals surface area contributed by atoms with Gasteiger partial charge in [0.05, 0.1) is 29.7 Å². The smallest absolute Gasteiger partial charge is 0.412 e. The Hall–Kier alpha value is -3.18. The minimum atomic E-state index is -3.41. The van der Waals surface area contributed by atoms with Gasteiger partial charge in [-0.1, -0.05) is 24.8 Å². The Balaban J connectivity index is 1.30.